The second-order valence-corrected chi connectivity index (χ2v) is 5.45. The highest BCUT2D eigenvalue weighted by atomic mass is 32.1. The number of amides is 2. The van der Waals surface area contributed by atoms with Crippen molar-refractivity contribution in [2.24, 2.45) is 0 Å². The summed E-state index contributed by atoms with van der Waals surface area (Å²) in [5.41, 5.74) is 2.36. The van der Waals surface area contributed by atoms with Crippen LogP contribution in [0.2, 0.25) is 0 Å². The highest BCUT2D eigenvalue weighted by Crippen LogP contribution is 2.14. The highest BCUT2D eigenvalue weighted by molar-refractivity contribution is 7.07. The van der Waals surface area contributed by atoms with Crippen molar-refractivity contribution in [3.05, 3.63) is 52.6 Å². The second kappa shape index (κ2) is 6.54. The third-order valence-electron chi connectivity index (χ3n) is 3.18. The zero-order chi connectivity index (χ0) is 15.4. The lowest BCUT2D eigenvalue weighted by molar-refractivity contribution is 0.173. The molecule has 114 valence electrons. The number of rotatable bonds is 5. The molecule has 22 heavy (non-hydrogen) atoms. The molecule has 0 bridgehead atoms. The molecule has 0 spiro atoms. The molecule has 0 fully saturated rings. The maximum atomic E-state index is 11.8. The van der Waals surface area contributed by atoms with Crippen molar-refractivity contribution in [2.75, 3.05) is 6.54 Å². The first-order valence-electron chi connectivity index (χ1n) is 6.73. The topological polar surface area (TPSA) is 91.6 Å². The van der Waals surface area contributed by atoms with Gasteiger partial charge in [-0.05, 0) is 28.5 Å². The Morgan fingerprint density at radius 3 is 3.05 bits per heavy atom. The molecule has 0 aliphatic carbocycles. The quantitative estimate of drug-likeness (QED) is 0.662. The Morgan fingerprint density at radius 1 is 1.32 bits per heavy atom. The molecule has 8 heteroatoms. The lowest BCUT2D eigenvalue weighted by Crippen LogP contribution is -2.37. The van der Waals surface area contributed by atoms with Crippen LogP contribution in [0, 0.1) is 0 Å². The Morgan fingerprint density at radius 2 is 2.23 bits per heavy atom. The largest absolute Gasteiger partial charge is 0.387 e. The number of aliphatic hydroxyl groups excluding tert-OH is 1. The normalized spacial score (nSPS) is 12.2. The summed E-state index contributed by atoms with van der Waals surface area (Å²) in [6, 6.07) is 5.08. The number of aromatic nitrogens is 3. The van der Waals surface area contributed by atoms with Gasteiger partial charge in [-0.25, -0.2) is 14.3 Å². The predicted octanol–water partition coefficient (Wildman–Crippen LogP) is 1.32. The van der Waals surface area contributed by atoms with E-state index in [2.05, 4.69) is 20.7 Å². The Balaban J connectivity index is 1.51. The summed E-state index contributed by atoms with van der Waals surface area (Å²) >= 11 is 1.51. The molecule has 7 nitrogen and oxygen atoms in total. The summed E-state index contributed by atoms with van der Waals surface area (Å²) in [5, 5.41) is 23.2. The van der Waals surface area contributed by atoms with E-state index in [4.69, 9.17) is 0 Å². The van der Waals surface area contributed by atoms with E-state index in [1.807, 2.05) is 16.8 Å². The summed E-state index contributed by atoms with van der Waals surface area (Å²) in [7, 11) is 0. The number of aliphatic hydroxyl groups is 1. The number of thiophene rings is 1. The Bertz CT molecular complexity index is 756. The maximum Gasteiger partial charge on any atom is 0.315 e. The van der Waals surface area contributed by atoms with Gasteiger partial charge in [-0.15, -0.1) is 0 Å². The predicted molar refractivity (Wildman–Crippen MR) is 82.5 cm³/mol. The number of carbonyl (C=O) groups excluding carboxylic acids is 1. The van der Waals surface area contributed by atoms with Gasteiger partial charge in [0.15, 0.2) is 5.65 Å². The van der Waals surface area contributed by atoms with Crippen LogP contribution >= 0.6 is 11.3 Å². The molecule has 3 aromatic heterocycles. The van der Waals surface area contributed by atoms with E-state index in [0.29, 0.717) is 6.54 Å². The molecule has 3 N–H and O–H groups in total. The first kappa shape index (κ1) is 14.5. The molecule has 3 rings (SSSR count). The standard InChI is InChI=1S/C14H15N5O2S/c20-12(10-3-6-22-9-10)8-17-14(21)16-7-11-1-4-15-13-2-5-18-19(11)13/h1-6,9,12,20H,7-8H2,(H2,16,17,21). The fourth-order valence-corrected chi connectivity index (χ4v) is 2.73. The van der Waals surface area contributed by atoms with Crippen LogP contribution in [0.4, 0.5) is 4.79 Å². The third kappa shape index (κ3) is 3.23. The molecule has 0 radical (unpaired) electrons. The van der Waals surface area contributed by atoms with Crippen LogP contribution in [0.25, 0.3) is 5.65 Å². The number of nitrogens with zero attached hydrogens (tertiary/aromatic N) is 3. The van der Waals surface area contributed by atoms with Crippen molar-refractivity contribution in [2.45, 2.75) is 12.6 Å². The molecule has 0 aromatic carbocycles. The maximum absolute atomic E-state index is 11.8. The molecule has 0 aliphatic heterocycles. The lowest BCUT2D eigenvalue weighted by Gasteiger charge is -2.12. The van der Waals surface area contributed by atoms with Crippen LogP contribution in [0.1, 0.15) is 17.4 Å². The summed E-state index contributed by atoms with van der Waals surface area (Å²) in [5.74, 6) is 0. The number of hydrogen-bond acceptors (Lipinski definition) is 5. The minimum absolute atomic E-state index is 0.163. The molecular weight excluding hydrogens is 302 g/mol. The van der Waals surface area contributed by atoms with Crippen molar-refractivity contribution in [1.82, 2.24) is 25.2 Å². The Labute approximate surface area is 130 Å². The van der Waals surface area contributed by atoms with Crippen LogP contribution < -0.4 is 10.6 Å². The van der Waals surface area contributed by atoms with Crippen molar-refractivity contribution in [1.29, 1.82) is 0 Å². The van der Waals surface area contributed by atoms with Crippen molar-refractivity contribution in [3.63, 3.8) is 0 Å². The van der Waals surface area contributed by atoms with Gasteiger partial charge in [-0.3, -0.25) is 0 Å². The van der Waals surface area contributed by atoms with E-state index in [1.165, 1.54) is 11.3 Å². The molecule has 2 amide bonds. The first-order valence-corrected chi connectivity index (χ1v) is 7.68. The van der Waals surface area contributed by atoms with Gasteiger partial charge in [-0.2, -0.15) is 16.4 Å². The Hall–Kier alpha value is -2.45. The highest BCUT2D eigenvalue weighted by Gasteiger charge is 2.10. The minimum Gasteiger partial charge on any atom is -0.387 e. The average Bonchev–Trinajstić information content (AvgIpc) is 3.21. The second-order valence-electron chi connectivity index (χ2n) is 4.67. The third-order valence-corrected chi connectivity index (χ3v) is 3.88. The van der Waals surface area contributed by atoms with Gasteiger partial charge in [0.05, 0.1) is 24.5 Å². The molecule has 1 atom stereocenters. The number of urea groups is 1. The Kier molecular flexibility index (Phi) is 4.31. The van der Waals surface area contributed by atoms with Gasteiger partial charge in [0.2, 0.25) is 0 Å². The number of hydrogen-bond donors (Lipinski definition) is 3. The van der Waals surface area contributed by atoms with Gasteiger partial charge < -0.3 is 15.7 Å². The average molecular weight is 317 g/mol. The summed E-state index contributed by atoms with van der Waals surface area (Å²) in [6.45, 7) is 0.483. The fraction of sp³-hybridized carbons (Fsp3) is 0.214. The molecule has 3 heterocycles. The van der Waals surface area contributed by atoms with Crippen LogP contribution in [-0.4, -0.2) is 32.3 Å². The molecule has 3 aromatic rings. The SMILES string of the molecule is O=C(NCc1ccnc2ccnn12)NCC(O)c1ccsc1. The molecule has 0 saturated heterocycles. The zero-order valence-electron chi connectivity index (χ0n) is 11.6. The van der Waals surface area contributed by atoms with Crippen molar-refractivity contribution < 1.29 is 9.90 Å². The van der Waals surface area contributed by atoms with Crippen LogP contribution in [0.5, 0.6) is 0 Å². The van der Waals surface area contributed by atoms with E-state index in [0.717, 1.165) is 16.9 Å². The number of carbonyl (C=O) groups is 1. The van der Waals surface area contributed by atoms with Gasteiger partial charge in [-0.1, -0.05) is 0 Å². The lowest BCUT2D eigenvalue weighted by atomic mass is 10.2. The summed E-state index contributed by atoms with van der Waals surface area (Å²) in [4.78, 5) is 15.9. The van der Waals surface area contributed by atoms with E-state index in [-0.39, 0.29) is 12.6 Å². The van der Waals surface area contributed by atoms with Crippen molar-refractivity contribution in [3.8, 4) is 0 Å². The van der Waals surface area contributed by atoms with Gasteiger partial charge >= 0.3 is 6.03 Å². The molecule has 0 aliphatic rings. The van der Waals surface area contributed by atoms with E-state index in [9.17, 15) is 9.90 Å². The summed E-state index contributed by atoms with van der Waals surface area (Å²) in [6.07, 6.45) is 2.63. The molecular formula is C14H15N5O2S. The number of nitrogens with one attached hydrogen (secondary N) is 2. The van der Waals surface area contributed by atoms with E-state index in [1.54, 1.807) is 29.0 Å². The van der Waals surface area contributed by atoms with Gasteiger partial charge in [0.25, 0.3) is 0 Å². The first-order chi connectivity index (χ1) is 10.7. The van der Waals surface area contributed by atoms with Crippen LogP contribution in [0.3, 0.4) is 0 Å². The van der Waals surface area contributed by atoms with Gasteiger partial charge in [0, 0.05) is 18.8 Å². The fourth-order valence-electron chi connectivity index (χ4n) is 2.02. The minimum atomic E-state index is -0.698. The van der Waals surface area contributed by atoms with E-state index >= 15 is 0 Å². The molecule has 0 saturated carbocycles. The van der Waals surface area contributed by atoms with E-state index < -0.39 is 6.10 Å². The van der Waals surface area contributed by atoms with Crippen LogP contribution in [-0.2, 0) is 6.54 Å². The molecule has 1 unspecified atom stereocenters. The van der Waals surface area contributed by atoms with Crippen LogP contribution in [0.15, 0.2) is 41.4 Å². The van der Waals surface area contributed by atoms with Gasteiger partial charge in [0.1, 0.15) is 0 Å². The smallest absolute Gasteiger partial charge is 0.315 e. The monoisotopic (exact) mass is 317 g/mol. The number of fused-ring (bicyclic) bond motifs is 1. The summed E-state index contributed by atoms with van der Waals surface area (Å²) < 4.78 is 1.67. The zero-order valence-corrected chi connectivity index (χ0v) is 12.5. The van der Waals surface area contributed by atoms with Crippen molar-refractivity contribution >= 4 is 23.0 Å².